The van der Waals surface area contributed by atoms with E-state index in [1.807, 2.05) is 6.92 Å². The third-order valence-corrected chi connectivity index (χ3v) is 5.72. The summed E-state index contributed by atoms with van der Waals surface area (Å²) in [5.41, 5.74) is -1.93. The van der Waals surface area contributed by atoms with Crippen molar-refractivity contribution in [2.75, 3.05) is 6.61 Å². The van der Waals surface area contributed by atoms with Crippen molar-refractivity contribution in [2.24, 2.45) is 5.92 Å². The summed E-state index contributed by atoms with van der Waals surface area (Å²) < 4.78 is 122. The minimum Gasteiger partial charge on any atom is -0.429 e. The first-order valence-electron chi connectivity index (χ1n) is 10.6. The topological polar surface area (TPSA) is 18.5 Å². The summed E-state index contributed by atoms with van der Waals surface area (Å²) in [6, 6.07) is 5.12. The van der Waals surface area contributed by atoms with Crippen LogP contribution in [-0.2, 0) is 10.8 Å². The lowest BCUT2D eigenvalue weighted by Crippen LogP contribution is -2.25. The zero-order valence-corrected chi connectivity index (χ0v) is 18.2. The van der Waals surface area contributed by atoms with Gasteiger partial charge in [-0.2, -0.15) is 8.78 Å². The third-order valence-electron chi connectivity index (χ3n) is 5.72. The largest absolute Gasteiger partial charge is 0.432 e. The van der Waals surface area contributed by atoms with Crippen LogP contribution in [0.4, 0.5) is 35.1 Å². The Kier molecular flexibility index (Phi) is 6.77. The fourth-order valence-corrected chi connectivity index (χ4v) is 3.91. The highest BCUT2D eigenvalue weighted by molar-refractivity contribution is 5.65. The van der Waals surface area contributed by atoms with Crippen LogP contribution in [0.5, 0.6) is 5.75 Å². The molecule has 1 unspecified atom stereocenters. The zero-order valence-electron chi connectivity index (χ0n) is 18.2. The van der Waals surface area contributed by atoms with Crippen molar-refractivity contribution in [3.05, 3.63) is 88.5 Å². The van der Waals surface area contributed by atoms with E-state index in [-0.39, 0.29) is 29.4 Å². The molecule has 35 heavy (non-hydrogen) atoms. The molecule has 0 aromatic heterocycles. The number of rotatable bonds is 5. The number of alkyl halides is 2. The third kappa shape index (κ3) is 5.12. The maximum absolute atomic E-state index is 14.8. The molecule has 186 valence electrons. The van der Waals surface area contributed by atoms with Crippen LogP contribution in [0.15, 0.2) is 42.5 Å². The highest BCUT2D eigenvalue weighted by Crippen LogP contribution is 2.39. The summed E-state index contributed by atoms with van der Waals surface area (Å²) >= 11 is 0. The molecule has 1 saturated heterocycles. The molecule has 0 saturated carbocycles. The molecule has 0 amide bonds. The van der Waals surface area contributed by atoms with Crippen LogP contribution in [0.3, 0.4) is 0 Å². The number of hydrogen-bond donors (Lipinski definition) is 0. The van der Waals surface area contributed by atoms with E-state index in [0.717, 1.165) is 12.5 Å². The Balaban J connectivity index is 1.62. The first kappa shape index (κ1) is 25.0. The summed E-state index contributed by atoms with van der Waals surface area (Å²) in [6.07, 6.45) is -3.50. The van der Waals surface area contributed by atoms with Gasteiger partial charge in [-0.3, -0.25) is 0 Å². The van der Waals surface area contributed by atoms with Crippen LogP contribution in [0.25, 0.3) is 11.1 Å². The van der Waals surface area contributed by atoms with Gasteiger partial charge in [0.05, 0.1) is 6.10 Å². The van der Waals surface area contributed by atoms with Crippen molar-refractivity contribution in [3.8, 4) is 16.9 Å². The van der Waals surface area contributed by atoms with Crippen molar-refractivity contribution in [2.45, 2.75) is 32.0 Å². The quantitative estimate of drug-likeness (QED) is 0.262. The summed E-state index contributed by atoms with van der Waals surface area (Å²) in [6.45, 7) is 2.54. The molecule has 4 rings (SSSR count). The maximum atomic E-state index is 14.8. The Morgan fingerprint density at radius 2 is 1.43 bits per heavy atom. The molecule has 0 bridgehead atoms. The predicted octanol–water partition coefficient (Wildman–Crippen LogP) is 7.80. The Hall–Kier alpha value is -3.14. The van der Waals surface area contributed by atoms with Crippen LogP contribution in [0.2, 0.25) is 0 Å². The fraction of sp³-hybridized carbons (Fsp3) is 0.280. The molecule has 0 spiro atoms. The zero-order chi connectivity index (χ0) is 25.5. The highest BCUT2D eigenvalue weighted by atomic mass is 19.3. The maximum Gasteiger partial charge on any atom is 0.432 e. The molecule has 0 aliphatic carbocycles. The van der Waals surface area contributed by atoms with Crippen LogP contribution in [0, 0.1) is 40.8 Å². The minimum atomic E-state index is -4.73. The van der Waals surface area contributed by atoms with Gasteiger partial charge in [-0.1, -0.05) is 19.1 Å². The normalized spacial score (nSPS) is 18.5. The van der Waals surface area contributed by atoms with E-state index in [4.69, 9.17) is 4.74 Å². The lowest BCUT2D eigenvalue weighted by atomic mass is 9.94. The van der Waals surface area contributed by atoms with Gasteiger partial charge in [0, 0.05) is 24.3 Å². The van der Waals surface area contributed by atoms with Crippen LogP contribution in [-0.4, -0.2) is 6.61 Å². The molecule has 2 nitrogen and oxygen atoms in total. The number of benzene rings is 3. The van der Waals surface area contributed by atoms with Crippen molar-refractivity contribution < 1.29 is 44.6 Å². The standard InChI is InChI=1S/C25H18F8O2/c1-12-2-5-22(34-11-12)13-3-4-16(17(26)6-13)14-7-18(27)23(19(28)8-14)25(32,33)35-15-9-20(29)24(31)21(30)10-15/h3-4,6-10,12,22H,2,5,11H2,1H3/t12?,22-/m0/s1. The number of halogens is 8. The van der Waals surface area contributed by atoms with Crippen LogP contribution >= 0.6 is 0 Å². The van der Waals surface area contributed by atoms with Gasteiger partial charge in [-0.25, -0.2) is 26.3 Å². The van der Waals surface area contributed by atoms with Gasteiger partial charge >= 0.3 is 6.11 Å². The Morgan fingerprint density at radius 1 is 0.800 bits per heavy atom. The van der Waals surface area contributed by atoms with Crippen molar-refractivity contribution in [1.82, 2.24) is 0 Å². The van der Waals surface area contributed by atoms with Crippen LogP contribution in [0.1, 0.15) is 37.0 Å². The molecule has 1 heterocycles. The second-order valence-electron chi connectivity index (χ2n) is 8.38. The minimum absolute atomic E-state index is 0.101. The second kappa shape index (κ2) is 9.49. The Labute approximate surface area is 195 Å². The van der Waals surface area contributed by atoms with E-state index >= 15 is 0 Å². The average Bonchev–Trinajstić information content (AvgIpc) is 2.76. The van der Waals surface area contributed by atoms with Gasteiger partial charge in [0.1, 0.15) is 28.8 Å². The molecule has 3 aromatic carbocycles. The van der Waals surface area contributed by atoms with E-state index < -0.39 is 52.3 Å². The van der Waals surface area contributed by atoms with Crippen molar-refractivity contribution in [3.63, 3.8) is 0 Å². The fourth-order valence-electron chi connectivity index (χ4n) is 3.91. The predicted molar refractivity (Wildman–Crippen MR) is 110 cm³/mol. The molecule has 1 fully saturated rings. The average molecular weight is 502 g/mol. The van der Waals surface area contributed by atoms with E-state index in [1.165, 1.54) is 12.1 Å². The van der Waals surface area contributed by atoms with E-state index in [1.54, 1.807) is 0 Å². The monoisotopic (exact) mass is 502 g/mol. The van der Waals surface area contributed by atoms with Crippen LogP contribution < -0.4 is 4.74 Å². The number of ether oxygens (including phenoxy) is 2. The molecule has 1 aliphatic heterocycles. The molecular weight excluding hydrogens is 484 g/mol. The molecule has 1 aliphatic rings. The van der Waals surface area contributed by atoms with Gasteiger partial charge in [-0.15, -0.1) is 0 Å². The van der Waals surface area contributed by atoms with Crippen molar-refractivity contribution >= 4 is 0 Å². The van der Waals surface area contributed by atoms with E-state index in [0.29, 0.717) is 36.6 Å². The lowest BCUT2D eigenvalue weighted by Gasteiger charge is -2.27. The van der Waals surface area contributed by atoms with E-state index in [2.05, 4.69) is 4.74 Å². The van der Waals surface area contributed by atoms with Crippen molar-refractivity contribution in [1.29, 1.82) is 0 Å². The summed E-state index contributed by atoms with van der Waals surface area (Å²) in [5.74, 6) is -10.8. The number of hydrogen-bond acceptors (Lipinski definition) is 2. The van der Waals surface area contributed by atoms with Gasteiger partial charge in [-0.05, 0) is 48.1 Å². The first-order chi connectivity index (χ1) is 16.5. The Morgan fingerprint density at radius 3 is 1.97 bits per heavy atom. The van der Waals surface area contributed by atoms with Gasteiger partial charge in [0.25, 0.3) is 0 Å². The molecule has 0 radical (unpaired) electrons. The SMILES string of the molecule is CC1CC[C@@H](c2ccc(-c3cc(F)c(C(F)(F)Oc4cc(F)c(F)c(F)c4)c(F)c3)c(F)c2)OC1. The molecule has 10 heteroatoms. The molecule has 3 aromatic rings. The van der Waals surface area contributed by atoms with Gasteiger partial charge in [0.15, 0.2) is 17.5 Å². The van der Waals surface area contributed by atoms with Gasteiger partial charge in [0.2, 0.25) is 0 Å². The summed E-state index contributed by atoms with van der Waals surface area (Å²) in [7, 11) is 0. The highest BCUT2D eigenvalue weighted by Gasteiger charge is 2.41. The Bertz CT molecular complexity index is 1210. The molecular formula is C25H18F8O2. The summed E-state index contributed by atoms with van der Waals surface area (Å²) in [4.78, 5) is 0. The first-order valence-corrected chi connectivity index (χ1v) is 10.6. The van der Waals surface area contributed by atoms with E-state index in [9.17, 15) is 35.1 Å². The summed E-state index contributed by atoms with van der Waals surface area (Å²) in [5, 5.41) is 0. The molecule has 0 N–H and O–H groups in total. The molecule has 2 atom stereocenters. The lowest BCUT2D eigenvalue weighted by molar-refractivity contribution is -0.189. The second-order valence-corrected chi connectivity index (χ2v) is 8.38. The smallest absolute Gasteiger partial charge is 0.429 e. The van der Waals surface area contributed by atoms with Gasteiger partial charge < -0.3 is 9.47 Å².